The Morgan fingerprint density at radius 1 is 0.906 bits per heavy atom. The molecule has 32 heavy (non-hydrogen) atoms. The highest BCUT2D eigenvalue weighted by atomic mass is 19.1. The van der Waals surface area contributed by atoms with Crippen LogP contribution in [0.15, 0.2) is 72.8 Å². The van der Waals surface area contributed by atoms with Crippen LogP contribution < -0.4 is 4.74 Å². The Bertz CT molecular complexity index is 1140. The third kappa shape index (κ3) is 4.23. The van der Waals surface area contributed by atoms with E-state index in [9.17, 15) is 18.8 Å². The molecule has 0 fully saturated rings. The van der Waals surface area contributed by atoms with Crippen LogP contribution in [0.5, 0.6) is 5.75 Å². The standard InChI is InChI=1S/C25H21FN2O4/c1-27(14-15-32-22-9-5-4-8-21(22)26)23(29)18-12-10-17(11-13-18)16-28-24(30)19-6-2-3-7-20(19)25(28)31/h2-13H,14-16H2,1H3. The number of fused-ring (bicyclic) bond motifs is 1. The molecule has 0 N–H and O–H groups in total. The zero-order chi connectivity index (χ0) is 22.7. The van der Waals surface area contributed by atoms with Crippen LogP contribution in [0.2, 0.25) is 0 Å². The number of rotatable bonds is 7. The summed E-state index contributed by atoms with van der Waals surface area (Å²) in [5, 5.41) is 0. The molecule has 3 aromatic carbocycles. The molecule has 0 unspecified atom stereocenters. The second-order valence-electron chi connectivity index (χ2n) is 7.44. The van der Waals surface area contributed by atoms with Crippen molar-refractivity contribution in [3.63, 3.8) is 0 Å². The van der Waals surface area contributed by atoms with Gasteiger partial charge in [-0.15, -0.1) is 0 Å². The summed E-state index contributed by atoms with van der Waals surface area (Å²) in [5.74, 6) is -1.16. The van der Waals surface area contributed by atoms with Gasteiger partial charge in [0.25, 0.3) is 17.7 Å². The van der Waals surface area contributed by atoms with Gasteiger partial charge < -0.3 is 9.64 Å². The van der Waals surface area contributed by atoms with Crippen LogP contribution in [0.4, 0.5) is 4.39 Å². The van der Waals surface area contributed by atoms with Crippen molar-refractivity contribution < 1.29 is 23.5 Å². The lowest BCUT2D eigenvalue weighted by Gasteiger charge is -2.18. The van der Waals surface area contributed by atoms with Gasteiger partial charge in [0.1, 0.15) is 6.61 Å². The zero-order valence-electron chi connectivity index (χ0n) is 17.5. The number of nitrogens with zero attached hydrogens (tertiary/aromatic N) is 2. The van der Waals surface area contributed by atoms with Gasteiger partial charge >= 0.3 is 0 Å². The van der Waals surface area contributed by atoms with Crippen LogP contribution in [0.1, 0.15) is 36.6 Å². The largest absolute Gasteiger partial charge is 0.489 e. The van der Waals surface area contributed by atoms with Gasteiger partial charge in [0, 0.05) is 12.6 Å². The summed E-state index contributed by atoms with van der Waals surface area (Å²) < 4.78 is 19.0. The summed E-state index contributed by atoms with van der Waals surface area (Å²) in [6.45, 7) is 0.568. The Balaban J connectivity index is 1.34. The fourth-order valence-electron chi connectivity index (χ4n) is 3.49. The molecule has 3 amide bonds. The van der Waals surface area contributed by atoms with Gasteiger partial charge in [0.2, 0.25) is 0 Å². The van der Waals surface area contributed by atoms with E-state index in [4.69, 9.17) is 4.74 Å². The first-order valence-corrected chi connectivity index (χ1v) is 10.1. The fourth-order valence-corrected chi connectivity index (χ4v) is 3.49. The van der Waals surface area contributed by atoms with Crippen molar-refractivity contribution in [2.45, 2.75) is 6.54 Å². The van der Waals surface area contributed by atoms with Crippen LogP contribution in [-0.4, -0.2) is 47.7 Å². The second kappa shape index (κ2) is 9.01. The monoisotopic (exact) mass is 432 g/mol. The SMILES string of the molecule is CN(CCOc1ccccc1F)C(=O)c1ccc(CN2C(=O)c3ccccc3C2=O)cc1. The maximum Gasteiger partial charge on any atom is 0.261 e. The first-order chi connectivity index (χ1) is 15.5. The molecule has 162 valence electrons. The smallest absolute Gasteiger partial charge is 0.261 e. The van der Waals surface area contributed by atoms with Gasteiger partial charge in [-0.1, -0.05) is 36.4 Å². The Kier molecular flexibility index (Phi) is 5.98. The van der Waals surface area contributed by atoms with Gasteiger partial charge in [-0.05, 0) is 42.0 Å². The molecule has 0 atom stereocenters. The summed E-state index contributed by atoms with van der Waals surface area (Å²) in [5.41, 5.74) is 2.01. The quantitative estimate of drug-likeness (QED) is 0.533. The predicted octanol–water partition coefficient (Wildman–Crippen LogP) is 3.77. The van der Waals surface area contributed by atoms with Crippen molar-refractivity contribution in [2.24, 2.45) is 0 Å². The van der Waals surface area contributed by atoms with Crippen molar-refractivity contribution in [3.8, 4) is 5.75 Å². The number of halogens is 1. The molecule has 0 saturated heterocycles. The third-order valence-corrected chi connectivity index (χ3v) is 5.29. The van der Waals surface area contributed by atoms with Crippen molar-refractivity contribution in [1.82, 2.24) is 9.80 Å². The fraction of sp³-hybridized carbons (Fsp3) is 0.160. The summed E-state index contributed by atoms with van der Waals surface area (Å²) in [4.78, 5) is 40.3. The highest BCUT2D eigenvalue weighted by Gasteiger charge is 2.34. The van der Waals surface area contributed by atoms with E-state index in [1.807, 2.05) is 0 Å². The number of ether oxygens (including phenoxy) is 1. The molecule has 0 radical (unpaired) electrons. The predicted molar refractivity (Wildman–Crippen MR) is 116 cm³/mol. The normalized spacial score (nSPS) is 12.6. The number of para-hydroxylation sites is 1. The van der Waals surface area contributed by atoms with E-state index in [0.29, 0.717) is 16.7 Å². The molecule has 0 aromatic heterocycles. The second-order valence-corrected chi connectivity index (χ2v) is 7.44. The molecule has 0 saturated carbocycles. The number of amides is 3. The van der Waals surface area contributed by atoms with E-state index >= 15 is 0 Å². The lowest BCUT2D eigenvalue weighted by molar-refractivity contribution is 0.0641. The number of carbonyl (C=O) groups is 3. The van der Waals surface area contributed by atoms with Gasteiger partial charge in [0.15, 0.2) is 11.6 Å². The molecule has 7 heteroatoms. The van der Waals surface area contributed by atoms with E-state index in [-0.39, 0.29) is 43.2 Å². The molecule has 4 rings (SSSR count). The summed E-state index contributed by atoms with van der Waals surface area (Å²) in [6, 6.07) is 19.6. The van der Waals surface area contributed by atoms with Crippen LogP contribution in [-0.2, 0) is 6.54 Å². The van der Waals surface area contributed by atoms with Crippen LogP contribution in [0, 0.1) is 5.82 Å². The van der Waals surface area contributed by atoms with Gasteiger partial charge in [-0.3, -0.25) is 19.3 Å². The molecule has 1 aliphatic heterocycles. The molecular weight excluding hydrogens is 411 g/mol. The lowest BCUT2D eigenvalue weighted by Crippen LogP contribution is -2.31. The molecular formula is C25H21FN2O4. The number of hydrogen-bond donors (Lipinski definition) is 0. The maximum atomic E-state index is 13.6. The van der Waals surface area contributed by atoms with E-state index in [0.717, 1.165) is 5.56 Å². The Morgan fingerprint density at radius 3 is 2.12 bits per heavy atom. The topological polar surface area (TPSA) is 66.9 Å². The van der Waals surface area contributed by atoms with E-state index in [2.05, 4.69) is 0 Å². The maximum absolute atomic E-state index is 13.6. The van der Waals surface area contributed by atoms with Gasteiger partial charge in [-0.25, -0.2) is 4.39 Å². The molecule has 0 aliphatic carbocycles. The first-order valence-electron chi connectivity index (χ1n) is 10.1. The number of benzene rings is 3. The van der Waals surface area contributed by atoms with Crippen molar-refractivity contribution in [3.05, 3.63) is 101 Å². The minimum Gasteiger partial charge on any atom is -0.489 e. The summed E-state index contributed by atoms with van der Waals surface area (Å²) in [7, 11) is 1.64. The van der Waals surface area contributed by atoms with Gasteiger partial charge in [0.05, 0.1) is 24.2 Å². The number of imide groups is 1. The minimum absolute atomic E-state index is 0.132. The molecule has 3 aromatic rings. The average Bonchev–Trinajstić information content (AvgIpc) is 3.05. The highest BCUT2D eigenvalue weighted by molar-refractivity contribution is 6.21. The third-order valence-electron chi connectivity index (χ3n) is 5.29. The summed E-state index contributed by atoms with van der Waals surface area (Å²) >= 11 is 0. The van der Waals surface area contributed by atoms with Crippen LogP contribution in [0.25, 0.3) is 0 Å². The number of likely N-dealkylation sites (N-methyl/N-ethyl adjacent to an activating group) is 1. The Morgan fingerprint density at radius 2 is 1.50 bits per heavy atom. The average molecular weight is 432 g/mol. The number of hydrogen-bond acceptors (Lipinski definition) is 4. The first kappa shape index (κ1) is 21.2. The molecule has 6 nitrogen and oxygen atoms in total. The minimum atomic E-state index is -0.449. The zero-order valence-corrected chi connectivity index (χ0v) is 17.5. The van der Waals surface area contributed by atoms with E-state index in [1.54, 1.807) is 67.7 Å². The lowest BCUT2D eigenvalue weighted by atomic mass is 10.1. The van der Waals surface area contributed by atoms with Gasteiger partial charge in [-0.2, -0.15) is 0 Å². The Hall–Kier alpha value is -4.00. The highest BCUT2D eigenvalue weighted by Crippen LogP contribution is 2.24. The Labute approximate surface area is 184 Å². The van der Waals surface area contributed by atoms with Crippen molar-refractivity contribution >= 4 is 17.7 Å². The summed E-state index contributed by atoms with van der Waals surface area (Å²) in [6.07, 6.45) is 0. The molecule has 1 aliphatic rings. The van der Waals surface area contributed by atoms with E-state index in [1.165, 1.54) is 21.9 Å². The van der Waals surface area contributed by atoms with Crippen LogP contribution in [0.3, 0.4) is 0 Å². The van der Waals surface area contributed by atoms with E-state index < -0.39 is 5.82 Å². The number of carbonyl (C=O) groups excluding carboxylic acids is 3. The van der Waals surface area contributed by atoms with Crippen molar-refractivity contribution in [2.75, 3.05) is 20.2 Å². The molecule has 0 spiro atoms. The molecule has 0 bridgehead atoms. The molecule has 1 heterocycles. The van der Waals surface area contributed by atoms with Crippen molar-refractivity contribution in [1.29, 1.82) is 0 Å². The van der Waals surface area contributed by atoms with Crippen LogP contribution >= 0.6 is 0 Å².